The maximum absolute atomic E-state index is 12.3. The van der Waals surface area contributed by atoms with Gasteiger partial charge in [-0.25, -0.2) is 0 Å². The van der Waals surface area contributed by atoms with Crippen LogP contribution < -0.4 is 14.8 Å². The molecular weight excluding hydrogens is 340 g/mol. The van der Waals surface area contributed by atoms with Gasteiger partial charge < -0.3 is 19.7 Å². The van der Waals surface area contributed by atoms with E-state index in [0.29, 0.717) is 28.6 Å². The second kappa shape index (κ2) is 9.30. The van der Waals surface area contributed by atoms with Gasteiger partial charge in [-0.1, -0.05) is 25.4 Å². The lowest BCUT2D eigenvalue weighted by molar-refractivity contribution is 0.0947. The third kappa shape index (κ3) is 5.51. The van der Waals surface area contributed by atoms with Crippen molar-refractivity contribution in [3.8, 4) is 11.5 Å². The summed E-state index contributed by atoms with van der Waals surface area (Å²) in [6.45, 7) is 8.59. The minimum atomic E-state index is -0.150. The molecule has 1 heterocycles. The van der Waals surface area contributed by atoms with Crippen LogP contribution in [0.2, 0.25) is 5.02 Å². The zero-order valence-corrected chi connectivity index (χ0v) is 16.4. The molecular formula is C19H29ClN2O3. The number of carbonyl (C=O) groups is 1. The Morgan fingerprint density at radius 2 is 1.92 bits per heavy atom. The van der Waals surface area contributed by atoms with Gasteiger partial charge >= 0.3 is 0 Å². The van der Waals surface area contributed by atoms with E-state index in [-0.39, 0.29) is 5.91 Å². The van der Waals surface area contributed by atoms with Crippen LogP contribution in [0.1, 0.15) is 37.0 Å². The molecule has 2 atom stereocenters. The van der Waals surface area contributed by atoms with E-state index in [1.807, 2.05) is 0 Å². The van der Waals surface area contributed by atoms with Crippen LogP contribution in [0.5, 0.6) is 11.5 Å². The molecule has 0 bridgehead atoms. The van der Waals surface area contributed by atoms with Gasteiger partial charge in [0, 0.05) is 25.2 Å². The van der Waals surface area contributed by atoms with Gasteiger partial charge in [-0.05, 0) is 43.4 Å². The molecule has 0 saturated carbocycles. The van der Waals surface area contributed by atoms with Crippen molar-refractivity contribution in [1.82, 2.24) is 10.2 Å². The van der Waals surface area contributed by atoms with Crippen LogP contribution in [0.25, 0.3) is 0 Å². The molecule has 1 aromatic carbocycles. The van der Waals surface area contributed by atoms with Crippen molar-refractivity contribution in [2.75, 3.05) is 40.4 Å². The molecule has 1 saturated heterocycles. The summed E-state index contributed by atoms with van der Waals surface area (Å²) in [5, 5.41) is 3.32. The van der Waals surface area contributed by atoms with E-state index < -0.39 is 0 Å². The second-order valence-electron chi connectivity index (χ2n) is 7.01. The van der Waals surface area contributed by atoms with Crippen molar-refractivity contribution in [2.45, 2.75) is 26.7 Å². The molecule has 0 spiro atoms. The SMILES string of the molecule is COc1cc(C(=O)NCCCN2CC(C)CC(C)C2)cc(Cl)c1OC. The quantitative estimate of drug-likeness (QED) is 0.749. The summed E-state index contributed by atoms with van der Waals surface area (Å²) in [5.41, 5.74) is 0.475. The van der Waals surface area contributed by atoms with Crippen molar-refractivity contribution in [3.63, 3.8) is 0 Å². The Balaban J connectivity index is 1.83. The first-order valence-corrected chi connectivity index (χ1v) is 9.24. The summed E-state index contributed by atoms with van der Waals surface area (Å²) in [5.74, 6) is 2.26. The lowest BCUT2D eigenvalue weighted by Crippen LogP contribution is -2.40. The number of amides is 1. The molecule has 25 heavy (non-hydrogen) atoms. The average molecular weight is 369 g/mol. The Kier molecular flexibility index (Phi) is 7.38. The number of piperidine rings is 1. The maximum atomic E-state index is 12.3. The lowest BCUT2D eigenvalue weighted by Gasteiger charge is -2.34. The van der Waals surface area contributed by atoms with Gasteiger partial charge in [0.05, 0.1) is 19.2 Å². The topological polar surface area (TPSA) is 50.8 Å². The number of nitrogens with one attached hydrogen (secondary N) is 1. The van der Waals surface area contributed by atoms with Gasteiger partial charge in [0.1, 0.15) is 0 Å². The van der Waals surface area contributed by atoms with E-state index >= 15 is 0 Å². The summed E-state index contributed by atoms with van der Waals surface area (Å²) in [6.07, 6.45) is 2.25. The normalized spacial score (nSPS) is 21.0. The predicted octanol–water partition coefficient (Wildman–Crippen LogP) is 3.46. The number of halogens is 1. The lowest BCUT2D eigenvalue weighted by atomic mass is 9.92. The highest BCUT2D eigenvalue weighted by Gasteiger charge is 2.21. The monoisotopic (exact) mass is 368 g/mol. The second-order valence-corrected chi connectivity index (χ2v) is 7.42. The Bertz CT molecular complexity index is 584. The van der Waals surface area contributed by atoms with Crippen LogP contribution in [-0.4, -0.2) is 51.2 Å². The molecule has 2 rings (SSSR count). The summed E-state index contributed by atoms with van der Waals surface area (Å²) in [4.78, 5) is 14.8. The van der Waals surface area contributed by atoms with Crippen LogP contribution in [0.15, 0.2) is 12.1 Å². The molecule has 1 N–H and O–H groups in total. The minimum Gasteiger partial charge on any atom is -0.493 e. The van der Waals surface area contributed by atoms with Crippen molar-refractivity contribution < 1.29 is 14.3 Å². The first-order valence-electron chi connectivity index (χ1n) is 8.86. The number of benzene rings is 1. The van der Waals surface area contributed by atoms with Crippen molar-refractivity contribution in [2.24, 2.45) is 11.8 Å². The number of hydrogen-bond donors (Lipinski definition) is 1. The standard InChI is InChI=1S/C19H29ClN2O3/c1-13-8-14(2)12-22(11-13)7-5-6-21-19(23)15-9-16(20)18(25-4)17(10-15)24-3/h9-10,13-14H,5-8,11-12H2,1-4H3,(H,21,23). The Labute approximate surface area is 155 Å². The van der Waals surface area contributed by atoms with Gasteiger partial charge in [-0.3, -0.25) is 4.79 Å². The highest BCUT2D eigenvalue weighted by atomic mass is 35.5. The summed E-state index contributed by atoms with van der Waals surface area (Å²) < 4.78 is 10.4. The third-order valence-electron chi connectivity index (χ3n) is 4.58. The van der Waals surface area contributed by atoms with Gasteiger partial charge in [0.2, 0.25) is 0 Å². The molecule has 1 aliphatic heterocycles. The fourth-order valence-electron chi connectivity index (χ4n) is 3.63. The van der Waals surface area contributed by atoms with Gasteiger partial charge in [0.15, 0.2) is 11.5 Å². The van der Waals surface area contributed by atoms with E-state index in [2.05, 4.69) is 24.1 Å². The van der Waals surface area contributed by atoms with Crippen molar-refractivity contribution >= 4 is 17.5 Å². The van der Waals surface area contributed by atoms with Gasteiger partial charge in [0.25, 0.3) is 5.91 Å². The van der Waals surface area contributed by atoms with E-state index in [1.165, 1.54) is 20.6 Å². The molecule has 6 heteroatoms. The largest absolute Gasteiger partial charge is 0.493 e. The smallest absolute Gasteiger partial charge is 0.251 e. The van der Waals surface area contributed by atoms with E-state index in [1.54, 1.807) is 12.1 Å². The van der Waals surface area contributed by atoms with E-state index in [0.717, 1.165) is 37.9 Å². The van der Waals surface area contributed by atoms with E-state index in [4.69, 9.17) is 21.1 Å². The molecule has 0 aromatic heterocycles. The van der Waals surface area contributed by atoms with Crippen molar-refractivity contribution in [1.29, 1.82) is 0 Å². The zero-order valence-electron chi connectivity index (χ0n) is 15.6. The Morgan fingerprint density at radius 1 is 1.24 bits per heavy atom. The number of rotatable bonds is 7. The molecule has 5 nitrogen and oxygen atoms in total. The molecule has 140 valence electrons. The molecule has 1 aromatic rings. The first kappa shape index (κ1) is 19.9. The number of methoxy groups -OCH3 is 2. The Hall–Kier alpha value is -1.46. The van der Waals surface area contributed by atoms with Crippen molar-refractivity contribution in [3.05, 3.63) is 22.7 Å². The number of nitrogens with zero attached hydrogens (tertiary/aromatic N) is 1. The van der Waals surface area contributed by atoms with Crippen LogP contribution in [0.4, 0.5) is 0 Å². The summed E-state index contributed by atoms with van der Waals surface area (Å²) in [6, 6.07) is 3.25. The maximum Gasteiger partial charge on any atom is 0.251 e. The summed E-state index contributed by atoms with van der Waals surface area (Å²) in [7, 11) is 3.04. The minimum absolute atomic E-state index is 0.150. The molecule has 0 radical (unpaired) electrons. The number of hydrogen-bond acceptors (Lipinski definition) is 4. The number of carbonyl (C=O) groups excluding carboxylic acids is 1. The predicted molar refractivity (Wildman–Crippen MR) is 101 cm³/mol. The van der Waals surface area contributed by atoms with Crippen LogP contribution in [0.3, 0.4) is 0 Å². The van der Waals surface area contributed by atoms with Crippen LogP contribution in [-0.2, 0) is 0 Å². The molecule has 1 amide bonds. The van der Waals surface area contributed by atoms with E-state index in [9.17, 15) is 4.79 Å². The van der Waals surface area contributed by atoms with Gasteiger partial charge in [-0.15, -0.1) is 0 Å². The molecule has 1 aliphatic rings. The third-order valence-corrected chi connectivity index (χ3v) is 4.86. The average Bonchev–Trinajstić information content (AvgIpc) is 2.56. The highest BCUT2D eigenvalue weighted by Crippen LogP contribution is 2.35. The summed E-state index contributed by atoms with van der Waals surface area (Å²) >= 11 is 6.16. The molecule has 0 aliphatic carbocycles. The van der Waals surface area contributed by atoms with Crippen LogP contribution >= 0.6 is 11.6 Å². The highest BCUT2D eigenvalue weighted by molar-refractivity contribution is 6.32. The molecule has 2 unspecified atom stereocenters. The zero-order chi connectivity index (χ0) is 18.4. The van der Waals surface area contributed by atoms with Gasteiger partial charge in [-0.2, -0.15) is 0 Å². The van der Waals surface area contributed by atoms with Crippen LogP contribution in [0, 0.1) is 11.8 Å². The fourth-order valence-corrected chi connectivity index (χ4v) is 3.92. The fraction of sp³-hybridized carbons (Fsp3) is 0.632. The number of ether oxygens (including phenoxy) is 2. The Morgan fingerprint density at radius 3 is 2.52 bits per heavy atom. The first-order chi connectivity index (χ1) is 11.9. The molecule has 1 fully saturated rings. The number of likely N-dealkylation sites (tertiary alicyclic amines) is 1.